The van der Waals surface area contributed by atoms with Crippen LogP contribution in [-0.4, -0.2) is 53.5 Å². The molecular formula is C18H38IN3O2S. The molecule has 0 radical (unpaired) electrons. The van der Waals surface area contributed by atoms with Crippen molar-refractivity contribution in [3.8, 4) is 0 Å². The summed E-state index contributed by atoms with van der Waals surface area (Å²) in [6, 6.07) is 0.387. The molecule has 0 heterocycles. The molecule has 0 aromatic carbocycles. The van der Waals surface area contributed by atoms with Gasteiger partial charge < -0.3 is 15.4 Å². The van der Waals surface area contributed by atoms with E-state index >= 15 is 0 Å². The van der Waals surface area contributed by atoms with Gasteiger partial charge in [0.1, 0.15) is 0 Å². The predicted octanol–water partition coefficient (Wildman–Crippen LogP) is 3.45. The van der Waals surface area contributed by atoms with Crippen molar-refractivity contribution in [2.24, 2.45) is 4.99 Å². The molecule has 0 spiro atoms. The second-order valence-corrected chi connectivity index (χ2v) is 8.38. The summed E-state index contributed by atoms with van der Waals surface area (Å²) < 4.78 is 17.6. The molecular weight excluding hydrogens is 449 g/mol. The second kappa shape index (κ2) is 16.3. The van der Waals surface area contributed by atoms with Gasteiger partial charge in [-0.2, -0.15) is 0 Å². The fraction of sp³-hybridized carbons (Fsp3) is 0.944. The summed E-state index contributed by atoms with van der Waals surface area (Å²) in [7, 11) is -0.681. The molecule has 2 N–H and O–H groups in total. The van der Waals surface area contributed by atoms with E-state index in [2.05, 4.69) is 29.5 Å². The zero-order chi connectivity index (χ0) is 17.6. The topological polar surface area (TPSA) is 62.7 Å². The Morgan fingerprint density at radius 1 is 1.20 bits per heavy atom. The predicted molar refractivity (Wildman–Crippen MR) is 120 cm³/mol. The number of guanidine groups is 1. The zero-order valence-electron chi connectivity index (χ0n) is 16.2. The number of nitrogens with one attached hydrogen (secondary N) is 2. The molecule has 0 aromatic rings. The lowest BCUT2D eigenvalue weighted by Crippen LogP contribution is -2.46. The third-order valence-corrected chi connectivity index (χ3v) is 6.07. The molecule has 0 bridgehead atoms. The van der Waals surface area contributed by atoms with Gasteiger partial charge in [0.25, 0.3) is 0 Å². The third-order valence-electron chi connectivity index (χ3n) is 4.33. The highest BCUT2D eigenvalue weighted by Crippen LogP contribution is 2.22. The summed E-state index contributed by atoms with van der Waals surface area (Å²) in [4.78, 5) is 4.65. The van der Waals surface area contributed by atoms with Crippen LogP contribution < -0.4 is 10.6 Å². The molecule has 1 aliphatic rings. The minimum absolute atomic E-state index is 0. The molecule has 150 valence electrons. The summed E-state index contributed by atoms with van der Waals surface area (Å²) in [6.45, 7) is 9.55. The number of unbranched alkanes of at least 4 members (excludes halogenated alkanes) is 1. The fourth-order valence-corrected chi connectivity index (χ4v) is 4.32. The Kier molecular flexibility index (Phi) is 16.4. The maximum atomic E-state index is 12.1. The molecule has 3 atom stereocenters. The Balaban J connectivity index is 0.00000576. The van der Waals surface area contributed by atoms with E-state index in [0.717, 1.165) is 76.5 Å². The first-order valence-corrected chi connectivity index (χ1v) is 11.1. The van der Waals surface area contributed by atoms with Crippen LogP contribution in [0.5, 0.6) is 0 Å². The van der Waals surface area contributed by atoms with Gasteiger partial charge in [-0.25, -0.2) is 0 Å². The van der Waals surface area contributed by atoms with Crippen LogP contribution in [0.3, 0.4) is 0 Å². The van der Waals surface area contributed by atoms with E-state index in [1.807, 2.05) is 6.92 Å². The maximum absolute atomic E-state index is 12.1. The van der Waals surface area contributed by atoms with Crippen LogP contribution >= 0.6 is 24.0 Å². The molecule has 1 aliphatic carbocycles. The summed E-state index contributed by atoms with van der Waals surface area (Å²) in [5.41, 5.74) is 0. The lowest BCUT2D eigenvalue weighted by atomic mass is 9.95. The highest BCUT2D eigenvalue weighted by atomic mass is 127. The van der Waals surface area contributed by atoms with Crippen LogP contribution in [0.25, 0.3) is 0 Å². The van der Waals surface area contributed by atoms with Crippen LogP contribution in [0.2, 0.25) is 0 Å². The summed E-state index contributed by atoms with van der Waals surface area (Å²) in [6.07, 6.45) is 7.65. The first-order valence-electron chi connectivity index (χ1n) is 9.70. The molecule has 0 saturated heterocycles. The van der Waals surface area contributed by atoms with Gasteiger partial charge in [0.15, 0.2) is 5.96 Å². The van der Waals surface area contributed by atoms with E-state index in [4.69, 9.17) is 4.74 Å². The molecule has 0 aliphatic heterocycles. The number of hydrogen-bond acceptors (Lipinski definition) is 3. The minimum Gasteiger partial charge on any atom is -0.381 e. The Morgan fingerprint density at radius 3 is 2.64 bits per heavy atom. The summed E-state index contributed by atoms with van der Waals surface area (Å²) in [5.74, 6) is 1.66. The van der Waals surface area contributed by atoms with Crippen LogP contribution in [0.4, 0.5) is 0 Å². The smallest absolute Gasteiger partial charge is 0.191 e. The van der Waals surface area contributed by atoms with Crippen molar-refractivity contribution in [2.75, 3.05) is 32.1 Å². The second-order valence-electron chi connectivity index (χ2n) is 6.38. The van der Waals surface area contributed by atoms with Crippen molar-refractivity contribution in [2.45, 2.75) is 77.0 Å². The number of ether oxygens (including phenoxy) is 1. The molecule has 0 aromatic heterocycles. The van der Waals surface area contributed by atoms with Gasteiger partial charge in [0.2, 0.25) is 0 Å². The zero-order valence-corrected chi connectivity index (χ0v) is 19.4. The van der Waals surface area contributed by atoms with Crippen LogP contribution in [0, 0.1) is 0 Å². The van der Waals surface area contributed by atoms with Crippen molar-refractivity contribution >= 4 is 40.7 Å². The van der Waals surface area contributed by atoms with Gasteiger partial charge in [0.05, 0.1) is 0 Å². The highest BCUT2D eigenvalue weighted by Gasteiger charge is 2.25. The molecule has 5 nitrogen and oxygen atoms in total. The Labute approximate surface area is 174 Å². The minimum atomic E-state index is -0.681. The van der Waals surface area contributed by atoms with Crippen molar-refractivity contribution in [1.82, 2.24) is 10.6 Å². The first-order chi connectivity index (χ1) is 11.7. The number of rotatable bonds is 11. The monoisotopic (exact) mass is 487 g/mol. The molecule has 7 heteroatoms. The average molecular weight is 487 g/mol. The average Bonchev–Trinajstić information content (AvgIpc) is 2.60. The van der Waals surface area contributed by atoms with Gasteiger partial charge in [-0.05, 0) is 39.0 Å². The lowest BCUT2D eigenvalue weighted by molar-refractivity contribution is 0.130. The van der Waals surface area contributed by atoms with Crippen molar-refractivity contribution in [3.63, 3.8) is 0 Å². The molecule has 1 fully saturated rings. The van der Waals surface area contributed by atoms with Crippen LogP contribution in [0.1, 0.15) is 65.7 Å². The standard InChI is InChI=1S/C18H37N3O2S.HI/c1-4-7-13-23-14-9-12-20-18(19-5-2)21-16-10-8-11-17(15-16)24(22)6-3;/h16-17H,4-15H2,1-3H3,(H2,19,20,21);1H. The molecule has 0 amide bonds. The van der Waals surface area contributed by atoms with Crippen molar-refractivity contribution in [3.05, 3.63) is 0 Å². The quantitative estimate of drug-likeness (QED) is 0.203. The largest absolute Gasteiger partial charge is 0.381 e. The Hall–Kier alpha value is 0.110. The maximum Gasteiger partial charge on any atom is 0.191 e. The Morgan fingerprint density at radius 2 is 1.96 bits per heavy atom. The van der Waals surface area contributed by atoms with E-state index in [1.54, 1.807) is 0 Å². The molecule has 25 heavy (non-hydrogen) atoms. The van der Waals surface area contributed by atoms with E-state index < -0.39 is 10.8 Å². The van der Waals surface area contributed by atoms with Crippen LogP contribution in [-0.2, 0) is 15.5 Å². The van der Waals surface area contributed by atoms with Gasteiger partial charge in [-0.1, -0.05) is 26.7 Å². The van der Waals surface area contributed by atoms with Gasteiger partial charge in [0, 0.05) is 54.1 Å². The lowest BCUT2D eigenvalue weighted by Gasteiger charge is -2.30. The fourth-order valence-electron chi connectivity index (χ4n) is 2.97. The van der Waals surface area contributed by atoms with Gasteiger partial charge in [-0.15, -0.1) is 24.0 Å². The SMILES string of the molecule is CCCCOCCCN=C(NCC)NC1CCCC(S(=O)CC)C1.I. The van der Waals surface area contributed by atoms with Crippen molar-refractivity contribution < 1.29 is 8.95 Å². The summed E-state index contributed by atoms with van der Waals surface area (Å²) in [5, 5.41) is 7.21. The molecule has 3 unspecified atom stereocenters. The normalized spacial score (nSPS) is 22.1. The van der Waals surface area contributed by atoms with E-state index in [9.17, 15) is 4.21 Å². The van der Waals surface area contributed by atoms with E-state index in [1.165, 1.54) is 6.42 Å². The first kappa shape index (κ1) is 25.1. The van der Waals surface area contributed by atoms with E-state index in [-0.39, 0.29) is 24.0 Å². The van der Waals surface area contributed by atoms with Gasteiger partial charge in [-0.3, -0.25) is 9.20 Å². The molecule has 1 rings (SSSR count). The molecule has 1 saturated carbocycles. The highest BCUT2D eigenvalue weighted by molar-refractivity contribution is 14.0. The van der Waals surface area contributed by atoms with Crippen molar-refractivity contribution in [1.29, 1.82) is 0 Å². The number of aliphatic imine (C=N–C) groups is 1. The summed E-state index contributed by atoms with van der Waals surface area (Å²) >= 11 is 0. The van der Waals surface area contributed by atoms with Crippen LogP contribution in [0.15, 0.2) is 4.99 Å². The van der Waals surface area contributed by atoms with E-state index in [0.29, 0.717) is 11.3 Å². The number of halogens is 1. The van der Waals surface area contributed by atoms with Gasteiger partial charge >= 0.3 is 0 Å². The number of hydrogen-bond donors (Lipinski definition) is 2. The number of nitrogens with zero attached hydrogens (tertiary/aromatic N) is 1. The Bertz CT molecular complexity index is 383. The third kappa shape index (κ3) is 11.4.